The lowest BCUT2D eigenvalue weighted by atomic mass is 10.0. The van der Waals surface area contributed by atoms with E-state index in [0.717, 1.165) is 40.1 Å². The molecule has 0 heterocycles. The van der Waals surface area contributed by atoms with E-state index < -0.39 is 0 Å². The summed E-state index contributed by atoms with van der Waals surface area (Å²) in [6.45, 7) is 10.2. The Balaban J connectivity index is 0.000000340. The zero-order valence-electron chi connectivity index (χ0n) is 21.2. The minimum absolute atomic E-state index is 0.653. The third kappa shape index (κ3) is 8.17. The standard InChI is InChI=1S/C18H24BrN3OS.C10H14/c1-4-8-21-18-15(23-2)9-12(16(19)17(18)20)11-22-13-6-5-7-14(10-13)24-3;1-8(2)10-6-4-9(3)5-7-10/h5-7,9-10,21-22H,4,8,11,20H2,1-3H3;4-8H,1-3H3. The van der Waals surface area contributed by atoms with Gasteiger partial charge in [0, 0.05) is 28.1 Å². The summed E-state index contributed by atoms with van der Waals surface area (Å²) in [5.41, 5.74) is 12.7. The van der Waals surface area contributed by atoms with E-state index in [-0.39, 0.29) is 0 Å². The molecule has 4 N–H and O–H groups in total. The number of hydrogen-bond donors (Lipinski definition) is 3. The van der Waals surface area contributed by atoms with Crippen LogP contribution < -0.4 is 21.1 Å². The Morgan fingerprint density at radius 3 is 2.35 bits per heavy atom. The maximum atomic E-state index is 6.29. The zero-order chi connectivity index (χ0) is 25.1. The second-order valence-electron chi connectivity index (χ2n) is 8.42. The molecule has 3 rings (SSSR count). The van der Waals surface area contributed by atoms with Crippen molar-refractivity contribution in [2.75, 3.05) is 36.3 Å². The van der Waals surface area contributed by atoms with E-state index in [1.54, 1.807) is 18.9 Å². The van der Waals surface area contributed by atoms with Gasteiger partial charge in [-0.2, -0.15) is 0 Å². The summed E-state index contributed by atoms with van der Waals surface area (Å²) in [5.74, 6) is 1.42. The van der Waals surface area contributed by atoms with Crippen molar-refractivity contribution in [3.63, 3.8) is 0 Å². The van der Waals surface area contributed by atoms with Crippen molar-refractivity contribution in [2.45, 2.75) is 51.5 Å². The normalized spacial score (nSPS) is 10.5. The molecule has 3 aromatic rings. The smallest absolute Gasteiger partial charge is 0.144 e. The number of nitrogens with two attached hydrogens (primary N) is 1. The Hall–Kier alpha value is -2.31. The molecule has 0 atom stereocenters. The van der Waals surface area contributed by atoms with Crippen LogP contribution >= 0.6 is 27.7 Å². The Morgan fingerprint density at radius 2 is 1.76 bits per heavy atom. The van der Waals surface area contributed by atoms with Crippen molar-refractivity contribution in [2.24, 2.45) is 0 Å². The molecule has 184 valence electrons. The van der Waals surface area contributed by atoms with E-state index in [1.807, 2.05) is 6.07 Å². The highest BCUT2D eigenvalue weighted by Gasteiger charge is 2.15. The number of rotatable bonds is 9. The Morgan fingerprint density at radius 1 is 1.06 bits per heavy atom. The molecule has 0 aromatic heterocycles. The van der Waals surface area contributed by atoms with E-state index >= 15 is 0 Å². The Bertz CT molecular complexity index is 1040. The van der Waals surface area contributed by atoms with Crippen LogP contribution in [0.25, 0.3) is 0 Å². The summed E-state index contributed by atoms with van der Waals surface area (Å²) < 4.78 is 6.41. The molecule has 0 fully saturated rings. The van der Waals surface area contributed by atoms with Gasteiger partial charge in [0.25, 0.3) is 0 Å². The van der Waals surface area contributed by atoms with Crippen LogP contribution in [-0.2, 0) is 6.54 Å². The molecule has 0 aliphatic carbocycles. The Kier molecular flexibility index (Phi) is 11.6. The molecule has 0 bridgehead atoms. The molecule has 6 heteroatoms. The summed E-state index contributed by atoms with van der Waals surface area (Å²) in [6, 6.07) is 19.1. The second kappa shape index (κ2) is 14.2. The van der Waals surface area contributed by atoms with Crippen molar-refractivity contribution in [3.8, 4) is 5.75 Å². The van der Waals surface area contributed by atoms with E-state index in [4.69, 9.17) is 10.5 Å². The lowest BCUT2D eigenvalue weighted by Gasteiger charge is -2.18. The molecular formula is C28H38BrN3OS. The number of benzene rings is 3. The highest BCUT2D eigenvalue weighted by molar-refractivity contribution is 9.10. The van der Waals surface area contributed by atoms with Crippen molar-refractivity contribution < 1.29 is 4.74 Å². The first-order chi connectivity index (χ1) is 16.3. The van der Waals surface area contributed by atoms with Gasteiger partial charge in [0.2, 0.25) is 0 Å². The molecule has 0 unspecified atom stereocenters. The van der Waals surface area contributed by atoms with Gasteiger partial charge in [0.05, 0.1) is 12.8 Å². The van der Waals surface area contributed by atoms with Gasteiger partial charge in [-0.15, -0.1) is 11.8 Å². The van der Waals surface area contributed by atoms with Crippen LogP contribution in [0.15, 0.2) is 64.0 Å². The van der Waals surface area contributed by atoms with Crippen LogP contribution in [0.2, 0.25) is 0 Å². The summed E-state index contributed by atoms with van der Waals surface area (Å²) >= 11 is 5.35. The van der Waals surface area contributed by atoms with Crippen molar-refractivity contribution in [3.05, 3.63) is 75.8 Å². The third-order valence-corrected chi connectivity index (χ3v) is 7.07. The van der Waals surface area contributed by atoms with Crippen LogP contribution in [-0.4, -0.2) is 19.9 Å². The maximum absolute atomic E-state index is 6.29. The first-order valence-electron chi connectivity index (χ1n) is 11.6. The molecule has 0 aliphatic heterocycles. The predicted octanol–water partition coefficient (Wildman–Crippen LogP) is 8.31. The van der Waals surface area contributed by atoms with Gasteiger partial charge < -0.3 is 21.1 Å². The average molecular weight is 545 g/mol. The van der Waals surface area contributed by atoms with Gasteiger partial charge in [-0.1, -0.05) is 56.7 Å². The average Bonchev–Trinajstić information content (AvgIpc) is 2.85. The molecular weight excluding hydrogens is 506 g/mol. The monoisotopic (exact) mass is 543 g/mol. The Labute approximate surface area is 218 Å². The van der Waals surface area contributed by atoms with Gasteiger partial charge in [-0.25, -0.2) is 0 Å². The molecule has 0 saturated carbocycles. The number of halogens is 1. The molecule has 0 spiro atoms. The molecule has 3 aromatic carbocycles. The number of methoxy groups -OCH3 is 1. The molecule has 0 saturated heterocycles. The number of ether oxygens (including phenoxy) is 1. The van der Waals surface area contributed by atoms with Crippen molar-refractivity contribution in [1.29, 1.82) is 0 Å². The van der Waals surface area contributed by atoms with Gasteiger partial charge in [0.1, 0.15) is 11.4 Å². The molecule has 4 nitrogen and oxygen atoms in total. The predicted molar refractivity (Wildman–Crippen MR) is 155 cm³/mol. The van der Waals surface area contributed by atoms with Gasteiger partial charge >= 0.3 is 0 Å². The first-order valence-corrected chi connectivity index (χ1v) is 13.7. The molecule has 34 heavy (non-hydrogen) atoms. The SMILES string of the molecule is CCCNc1c(OC)cc(CNc2cccc(SC)c2)c(Br)c1N.Cc1ccc(C(C)C)cc1. The molecule has 0 aliphatic rings. The third-order valence-electron chi connectivity index (χ3n) is 5.41. The van der Waals surface area contributed by atoms with E-state index in [2.05, 4.69) is 109 Å². The quantitative estimate of drug-likeness (QED) is 0.187. The minimum Gasteiger partial charge on any atom is -0.494 e. The summed E-state index contributed by atoms with van der Waals surface area (Å²) in [5, 5.41) is 6.78. The second-order valence-corrected chi connectivity index (χ2v) is 10.1. The lowest BCUT2D eigenvalue weighted by Crippen LogP contribution is -2.08. The number of aryl methyl sites for hydroxylation is 1. The van der Waals surface area contributed by atoms with Crippen LogP contribution in [0.5, 0.6) is 5.75 Å². The highest BCUT2D eigenvalue weighted by Crippen LogP contribution is 2.39. The van der Waals surface area contributed by atoms with Crippen molar-refractivity contribution >= 4 is 44.8 Å². The lowest BCUT2D eigenvalue weighted by molar-refractivity contribution is 0.416. The van der Waals surface area contributed by atoms with E-state index in [0.29, 0.717) is 18.2 Å². The first kappa shape index (κ1) is 27.9. The summed E-state index contributed by atoms with van der Waals surface area (Å²) in [6.07, 6.45) is 3.10. The fraction of sp³-hybridized carbons (Fsp3) is 0.357. The number of nitrogens with one attached hydrogen (secondary N) is 2. The fourth-order valence-electron chi connectivity index (χ4n) is 3.31. The van der Waals surface area contributed by atoms with Crippen LogP contribution in [0.3, 0.4) is 0 Å². The zero-order valence-corrected chi connectivity index (χ0v) is 23.6. The van der Waals surface area contributed by atoms with E-state index in [9.17, 15) is 0 Å². The number of thioether (sulfide) groups is 1. The molecule has 0 amide bonds. The largest absolute Gasteiger partial charge is 0.494 e. The van der Waals surface area contributed by atoms with Gasteiger partial charge in [0.15, 0.2) is 0 Å². The van der Waals surface area contributed by atoms with Crippen LogP contribution in [0.4, 0.5) is 17.1 Å². The summed E-state index contributed by atoms with van der Waals surface area (Å²) in [4.78, 5) is 1.23. The van der Waals surface area contributed by atoms with Crippen molar-refractivity contribution in [1.82, 2.24) is 0 Å². The highest BCUT2D eigenvalue weighted by atomic mass is 79.9. The van der Waals surface area contributed by atoms with E-state index in [1.165, 1.54) is 16.0 Å². The summed E-state index contributed by atoms with van der Waals surface area (Å²) in [7, 11) is 1.67. The maximum Gasteiger partial charge on any atom is 0.144 e. The number of anilines is 3. The topological polar surface area (TPSA) is 59.3 Å². The van der Waals surface area contributed by atoms with Crippen LogP contribution in [0.1, 0.15) is 49.8 Å². The fourth-order valence-corrected chi connectivity index (χ4v) is 4.23. The molecule has 0 radical (unpaired) electrons. The van der Waals surface area contributed by atoms with Gasteiger partial charge in [-0.3, -0.25) is 0 Å². The minimum atomic E-state index is 0.653. The van der Waals surface area contributed by atoms with Crippen LogP contribution in [0, 0.1) is 6.92 Å². The number of hydrogen-bond acceptors (Lipinski definition) is 5. The van der Waals surface area contributed by atoms with Gasteiger partial charge in [-0.05, 0) is 76.8 Å². The number of nitrogen functional groups attached to an aromatic ring is 1.